The number of halogens is 6. The highest BCUT2D eigenvalue weighted by Gasteiger charge is 2.40. The minimum absolute atomic E-state index is 0.259. The van der Waals surface area contributed by atoms with Crippen molar-refractivity contribution in [1.82, 2.24) is 4.48 Å². The van der Waals surface area contributed by atoms with E-state index in [9.17, 15) is 26.1 Å². The fraction of sp³-hybridized carbons (Fsp3) is 0.400. The summed E-state index contributed by atoms with van der Waals surface area (Å²) in [5.41, 5.74) is -0.912. The minimum atomic E-state index is -4.52. The number of rotatable bonds is 1. The highest BCUT2D eigenvalue weighted by Crippen LogP contribution is 2.39. The molecule has 0 aliphatic carbocycles. The van der Waals surface area contributed by atoms with Crippen molar-refractivity contribution in [2.45, 2.75) is 6.18 Å². The number of benzene rings is 1. The summed E-state index contributed by atoms with van der Waals surface area (Å²) in [5, 5.41) is 8.50. The fourth-order valence-corrected chi connectivity index (χ4v) is 1.26. The Labute approximate surface area is 112 Å². The molecule has 0 spiro atoms. The molecule has 10 heteroatoms. The maximum absolute atomic E-state index is 12.6. The summed E-state index contributed by atoms with van der Waals surface area (Å²) in [5.74, 6) is 0. The Balaban J connectivity index is 0.000000796. The van der Waals surface area contributed by atoms with Crippen LogP contribution in [0.3, 0.4) is 0 Å². The molecule has 110 valence electrons. The Morgan fingerprint density at radius 3 is 1.85 bits per heavy atom. The molecule has 20 heavy (non-hydrogen) atoms. The van der Waals surface area contributed by atoms with Crippen LogP contribution in [0.5, 0.6) is 0 Å². The molecule has 1 aromatic carbocycles. The smallest absolute Gasteiger partial charge is 0.298 e. The monoisotopic (exact) mass is 299 g/mol. The van der Waals surface area contributed by atoms with Crippen molar-refractivity contribution in [2.24, 2.45) is 0 Å². The summed E-state index contributed by atoms with van der Waals surface area (Å²) >= 11 is 0. The van der Waals surface area contributed by atoms with Gasteiger partial charge in [-0.3, -0.25) is 17.4 Å². The zero-order valence-corrected chi connectivity index (χ0v) is 10.9. The molecule has 0 fully saturated rings. The lowest BCUT2D eigenvalue weighted by Crippen LogP contribution is -2.34. The molecule has 0 unspecified atom stereocenters. The van der Waals surface area contributed by atoms with Crippen LogP contribution in [0.15, 0.2) is 18.2 Å². The molecule has 0 N–H and O–H groups in total. The third-order valence-electron chi connectivity index (χ3n) is 2.17. The van der Waals surface area contributed by atoms with Crippen LogP contribution < -0.4 is 4.48 Å². The second kappa shape index (κ2) is 6.61. The minimum Gasteiger partial charge on any atom is -0.298 e. The molecule has 0 radical (unpaired) electrons. The lowest BCUT2D eigenvalue weighted by Gasteiger charge is -2.23. The first kappa shape index (κ1) is 18.2. The lowest BCUT2D eigenvalue weighted by atomic mass is 10.1. The van der Waals surface area contributed by atoms with Gasteiger partial charge in [0.05, 0.1) is 21.1 Å². The van der Waals surface area contributed by atoms with Gasteiger partial charge >= 0.3 is 19.4 Å². The first-order valence-corrected chi connectivity index (χ1v) is 5.20. The lowest BCUT2D eigenvalue weighted by molar-refractivity contribution is -0.136. The molecule has 3 nitrogen and oxygen atoms in total. The van der Waals surface area contributed by atoms with Crippen molar-refractivity contribution in [3.8, 4) is 0 Å². The van der Waals surface area contributed by atoms with E-state index < -0.39 is 25.0 Å². The Kier molecular flexibility index (Phi) is 6.03. The molecule has 1 aromatic rings. The van der Waals surface area contributed by atoms with Crippen molar-refractivity contribution in [3.63, 3.8) is 0 Å². The van der Waals surface area contributed by atoms with E-state index >= 15 is 0 Å². The Bertz CT molecular complexity index is 486. The molecular weight excluding hydrogens is 287 g/mol. The molecule has 1 rings (SSSR count). The molecule has 0 saturated carbocycles. The van der Waals surface area contributed by atoms with Gasteiger partial charge in [-0.25, -0.2) is 0 Å². The number of hydrogen-bond acceptors (Lipinski definition) is 1. The van der Waals surface area contributed by atoms with Gasteiger partial charge in [-0.2, -0.15) is 13.2 Å². The topological polar surface area (TPSA) is 28.1 Å². The van der Waals surface area contributed by atoms with Gasteiger partial charge in [0.1, 0.15) is 5.69 Å². The van der Waals surface area contributed by atoms with Crippen LogP contribution in [0.1, 0.15) is 5.56 Å². The molecule has 0 aliphatic rings. The van der Waals surface area contributed by atoms with E-state index in [4.69, 9.17) is 5.39 Å². The highest BCUT2D eigenvalue weighted by molar-refractivity contribution is 6.33. The van der Waals surface area contributed by atoms with Gasteiger partial charge in [0.25, 0.3) is 0 Å². The Morgan fingerprint density at radius 2 is 1.55 bits per heavy atom. The van der Waals surface area contributed by atoms with Gasteiger partial charge < -0.3 is 0 Å². The molecular formula is C10H12BF6N3+2. The van der Waals surface area contributed by atoms with Crippen molar-refractivity contribution in [1.29, 1.82) is 5.39 Å². The van der Waals surface area contributed by atoms with Gasteiger partial charge in [-0.05, 0) is 0 Å². The van der Waals surface area contributed by atoms with Crippen molar-refractivity contribution in [3.05, 3.63) is 28.7 Å². The first-order valence-electron chi connectivity index (χ1n) is 5.20. The second-order valence-corrected chi connectivity index (χ2v) is 4.56. The van der Waals surface area contributed by atoms with E-state index in [0.29, 0.717) is 5.69 Å². The maximum atomic E-state index is 12.6. The third-order valence-corrected chi connectivity index (χ3v) is 2.17. The van der Waals surface area contributed by atoms with E-state index in [-0.39, 0.29) is 4.48 Å². The zero-order chi connectivity index (χ0) is 16.1. The summed E-state index contributed by atoms with van der Waals surface area (Å²) in [4.78, 5) is 2.63. The molecule has 0 saturated heterocycles. The van der Waals surface area contributed by atoms with E-state index in [1.807, 2.05) is 0 Å². The normalized spacial score (nSPS) is 11.2. The molecule has 0 atom stereocenters. The second-order valence-electron chi connectivity index (χ2n) is 4.56. The van der Waals surface area contributed by atoms with Gasteiger partial charge in [0.2, 0.25) is 5.39 Å². The third kappa shape index (κ3) is 5.92. The van der Waals surface area contributed by atoms with Crippen LogP contribution >= 0.6 is 0 Å². The summed E-state index contributed by atoms with van der Waals surface area (Å²) < 4.78 is 67.1. The first-order chi connectivity index (χ1) is 8.89. The quantitative estimate of drug-likeness (QED) is 0.329. The number of diazo groups is 1. The van der Waals surface area contributed by atoms with Gasteiger partial charge in [0, 0.05) is 18.2 Å². The van der Waals surface area contributed by atoms with Crippen LogP contribution in [0.25, 0.3) is 4.98 Å². The van der Waals surface area contributed by atoms with Gasteiger partial charge in [0.15, 0.2) is 10.5 Å². The molecule has 0 amide bonds. The van der Waals surface area contributed by atoms with E-state index in [2.05, 4.69) is 4.98 Å². The van der Waals surface area contributed by atoms with E-state index in [0.717, 1.165) is 12.1 Å². The zero-order valence-electron chi connectivity index (χ0n) is 10.9. The standard InChI is InChI=1S/C10H12F3N3.BF3/c1-16(2,3)7-4-5-9(15-14)8(6-7)10(11,12)13;2-1(3)4/h4-6H,1-3H3;/q+2;. The number of quaternary nitrogens is 1. The summed E-state index contributed by atoms with van der Waals surface area (Å²) in [7, 11) is 1.60. The fourth-order valence-electron chi connectivity index (χ4n) is 1.26. The Hall–Kier alpha value is -1.76. The number of alkyl halides is 3. The predicted octanol–water partition coefficient (Wildman–Crippen LogP) is 4.27. The predicted molar refractivity (Wildman–Crippen MR) is 64.8 cm³/mol. The van der Waals surface area contributed by atoms with Crippen LogP contribution in [-0.4, -0.2) is 28.7 Å². The van der Waals surface area contributed by atoms with Crippen LogP contribution in [0.2, 0.25) is 0 Å². The number of nitrogens with zero attached hydrogens (tertiary/aromatic N) is 3. The SMILES string of the molecule is C[N+](C)(C)c1ccc([N+]#N)c(C(F)(F)F)c1.FB(F)F. The van der Waals surface area contributed by atoms with Crippen LogP contribution in [-0.2, 0) is 6.18 Å². The average Bonchev–Trinajstić information content (AvgIpc) is 2.25. The number of hydrogen-bond donors (Lipinski definition) is 0. The molecule has 0 aromatic heterocycles. The van der Waals surface area contributed by atoms with E-state index in [1.165, 1.54) is 6.07 Å². The highest BCUT2D eigenvalue weighted by atomic mass is 19.4. The average molecular weight is 299 g/mol. The molecule has 0 heterocycles. The van der Waals surface area contributed by atoms with E-state index in [1.54, 1.807) is 21.1 Å². The maximum Gasteiger partial charge on any atom is 0.762 e. The van der Waals surface area contributed by atoms with Crippen molar-refractivity contribution < 1.29 is 26.1 Å². The van der Waals surface area contributed by atoms with Gasteiger partial charge in [-0.15, -0.1) is 0 Å². The van der Waals surface area contributed by atoms with Crippen molar-refractivity contribution >= 4 is 18.9 Å². The summed E-state index contributed by atoms with van der Waals surface area (Å²) in [6, 6.07) is 3.65. The molecule has 0 bridgehead atoms. The van der Waals surface area contributed by atoms with Crippen LogP contribution in [0.4, 0.5) is 37.5 Å². The van der Waals surface area contributed by atoms with Crippen molar-refractivity contribution in [2.75, 3.05) is 21.1 Å². The summed E-state index contributed by atoms with van der Waals surface area (Å²) in [6.07, 6.45) is -4.52. The summed E-state index contributed by atoms with van der Waals surface area (Å²) in [6.45, 7) is 0. The Morgan fingerprint density at radius 1 is 1.10 bits per heavy atom. The van der Waals surface area contributed by atoms with Gasteiger partial charge in [-0.1, -0.05) is 0 Å². The largest absolute Gasteiger partial charge is 0.762 e. The van der Waals surface area contributed by atoms with Crippen LogP contribution in [0, 0.1) is 5.39 Å². The molecule has 0 aliphatic heterocycles.